The standard InChI is InChI=1S/C13H11BrINO3S/c1-19-12-7-6-9(14)8-13(12)20(17,18)16-11-5-3-2-4-10(11)15/h2-8,16H,1H3. The third-order valence-electron chi connectivity index (χ3n) is 2.53. The lowest BCUT2D eigenvalue weighted by Crippen LogP contribution is -2.14. The summed E-state index contributed by atoms with van der Waals surface area (Å²) in [5.74, 6) is 0.298. The van der Waals surface area contributed by atoms with Gasteiger partial charge in [0, 0.05) is 8.04 Å². The molecule has 0 aliphatic rings. The summed E-state index contributed by atoms with van der Waals surface area (Å²) in [7, 11) is -2.27. The van der Waals surface area contributed by atoms with Gasteiger partial charge in [0.1, 0.15) is 10.6 Å². The Bertz CT molecular complexity index is 734. The summed E-state index contributed by atoms with van der Waals surface area (Å²) < 4.78 is 34.1. The highest BCUT2D eigenvalue weighted by molar-refractivity contribution is 14.1. The molecule has 0 aliphatic heterocycles. The van der Waals surface area contributed by atoms with Crippen molar-refractivity contribution in [1.29, 1.82) is 0 Å². The third-order valence-corrected chi connectivity index (χ3v) is 5.35. The molecule has 0 radical (unpaired) electrons. The number of benzene rings is 2. The second kappa shape index (κ2) is 6.31. The van der Waals surface area contributed by atoms with Crippen LogP contribution in [-0.2, 0) is 10.0 Å². The van der Waals surface area contributed by atoms with E-state index >= 15 is 0 Å². The predicted octanol–water partition coefficient (Wildman–Crippen LogP) is 3.86. The molecule has 4 nitrogen and oxygen atoms in total. The van der Waals surface area contributed by atoms with Gasteiger partial charge in [-0.1, -0.05) is 28.1 Å². The largest absolute Gasteiger partial charge is 0.495 e. The van der Waals surface area contributed by atoms with Crippen molar-refractivity contribution in [2.75, 3.05) is 11.8 Å². The van der Waals surface area contributed by atoms with Crippen LogP contribution < -0.4 is 9.46 Å². The van der Waals surface area contributed by atoms with Crippen LogP contribution in [0.4, 0.5) is 5.69 Å². The molecule has 0 aliphatic carbocycles. The highest BCUT2D eigenvalue weighted by Gasteiger charge is 2.20. The molecule has 2 aromatic carbocycles. The highest BCUT2D eigenvalue weighted by atomic mass is 127. The summed E-state index contributed by atoms with van der Waals surface area (Å²) in [5.41, 5.74) is 0.537. The van der Waals surface area contributed by atoms with E-state index in [0.717, 1.165) is 3.57 Å². The minimum absolute atomic E-state index is 0.0917. The minimum Gasteiger partial charge on any atom is -0.495 e. The molecule has 0 bridgehead atoms. The Morgan fingerprint density at radius 1 is 1.20 bits per heavy atom. The predicted molar refractivity (Wildman–Crippen MR) is 90.7 cm³/mol. The van der Waals surface area contributed by atoms with Crippen molar-refractivity contribution in [2.24, 2.45) is 0 Å². The van der Waals surface area contributed by atoms with Gasteiger partial charge < -0.3 is 4.74 Å². The molecule has 2 rings (SSSR count). The van der Waals surface area contributed by atoms with E-state index in [4.69, 9.17) is 4.74 Å². The van der Waals surface area contributed by atoms with Gasteiger partial charge in [-0.05, 0) is 52.9 Å². The van der Waals surface area contributed by atoms with Crippen LogP contribution >= 0.6 is 38.5 Å². The molecule has 1 N–H and O–H groups in total. The molecule has 0 unspecified atom stereocenters. The maximum atomic E-state index is 12.5. The van der Waals surface area contributed by atoms with E-state index in [-0.39, 0.29) is 4.90 Å². The quantitative estimate of drug-likeness (QED) is 0.694. The fraction of sp³-hybridized carbons (Fsp3) is 0.0769. The van der Waals surface area contributed by atoms with Crippen LogP contribution in [0.5, 0.6) is 5.75 Å². The Morgan fingerprint density at radius 3 is 2.55 bits per heavy atom. The van der Waals surface area contributed by atoms with Crippen LogP contribution in [-0.4, -0.2) is 15.5 Å². The highest BCUT2D eigenvalue weighted by Crippen LogP contribution is 2.29. The molecule has 2 aromatic rings. The van der Waals surface area contributed by atoms with Crippen molar-refractivity contribution in [3.05, 3.63) is 50.5 Å². The third kappa shape index (κ3) is 3.44. The SMILES string of the molecule is COc1ccc(Br)cc1S(=O)(=O)Nc1ccccc1I. The zero-order chi connectivity index (χ0) is 14.8. The minimum atomic E-state index is -3.71. The molecule has 0 saturated carbocycles. The average Bonchev–Trinajstić information content (AvgIpc) is 2.41. The van der Waals surface area contributed by atoms with Crippen LogP contribution in [0.2, 0.25) is 0 Å². The smallest absolute Gasteiger partial charge is 0.265 e. The van der Waals surface area contributed by atoms with Crippen molar-refractivity contribution in [2.45, 2.75) is 4.90 Å². The molecule has 0 aromatic heterocycles. The number of nitrogens with one attached hydrogen (secondary N) is 1. The van der Waals surface area contributed by atoms with E-state index in [2.05, 4.69) is 43.2 Å². The number of rotatable bonds is 4. The summed E-state index contributed by atoms with van der Waals surface area (Å²) in [4.78, 5) is 0.0917. The lowest BCUT2D eigenvalue weighted by Gasteiger charge is -2.12. The number of hydrogen-bond donors (Lipinski definition) is 1. The summed E-state index contributed by atoms with van der Waals surface area (Å²) in [6.07, 6.45) is 0. The summed E-state index contributed by atoms with van der Waals surface area (Å²) in [6, 6.07) is 12.0. The number of methoxy groups -OCH3 is 1. The lowest BCUT2D eigenvalue weighted by molar-refractivity contribution is 0.403. The normalized spacial score (nSPS) is 11.2. The van der Waals surface area contributed by atoms with Crippen LogP contribution in [0.15, 0.2) is 51.8 Å². The maximum absolute atomic E-state index is 12.5. The number of para-hydroxylation sites is 1. The topological polar surface area (TPSA) is 55.4 Å². The second-order valence-electron chi connectivity index (χ2n) is 3.88. The maximum Gasteiger partial charge on any atom is 0.265 e. The van der Waals surface area contributed by atoms with Gasteiger partial charge in [0.25, 0.3) is 10.0 Å². The molecule has 106 valence electrons. The first-order chi connectivity index (χ1) is 9.44. The van der Waals surface area contributed by atoms with Gasteiger partial charge in [-0.2, -0.15) is 0 Å². The van der Waals surface area contributed by atoms with Gasteiger partial charge in [0.05, 0.1) is 12.8 Å². The number of sulfonamides is 1. The van der Waals surface area contributed by atoms with E-state index < -0.39 is 10.0 Å². The Hall–Kier alpha value is -0.800. The summed E-state index contributed by atoms with van der Waals surface area (Å²) in [5, 5.41) is 0. The van der Waals surface area contributed by atoms with E-state index in [1.165, 1.54) is 13.2 Å². The van der Waals surface area contributed by atoms with Crippen molar-refractivity contribution in [3.8, 4) is 5.75 Å². The molecule has 0 amide bonds. The van der Waals surface area contributed by atoms with Gasteiger partial charge in [-0.15, -0.1) is 0 Å². The number of hydrogen-bond acceptors (Lipinski definition) is 3. The van der Waals surface area contributed by atoms with Crippen molar-refractivity contribution in [1.82, 2.24) is 0 Å². The number of halogens is 2. The summed E-state index contributed by atoms with van der Waals surface area (Å²) in [6.45, 7) is 0. The van der Waals surface area contributed by atoms with Gasteiger partial charge in [-0.25, -0.2) is 8.42 Å². The van der Waals surface area contributed by atoms with E-state index in [1.807, 2.05) is 12.1 Å². The van der Waals surface area contributed by atoms with Gasteiger partial charge in [0.15, 0.2) is 0 Å². The van der Waals surface area contributed by atoms with E-state index in [0.29, 0.717) is 15.9 Å². The zero-order valence-electron chi connectivity index (χ0n) is 10.4. The first-order valence-corrected chi connectivity index (χ1v) is 8.90. The van der Waals surface area contributed by atoms with Crippen molar-refractivity contribution >= 4 is 54.2 Å². The van der Waals surface area contributed by atoms with Crippen molar-refractivity contribution in [3.63, 3.8) is 0 Å². The molecule has 0 saturated heterocycles. The monoisotopic (exact) mass is 467 g/mol. The Morgan fingerprint density at radius 2 is 1.90 bits per heavy atom. The lowest BCUT2D eigenvalue weighted by atomic mass is 10.3. The molecular weight excluding hydrogens is 457 g/mol. The number of ether oxygens (including phenoxy) is 1. The summed E-state index contributed by atoms with van der Waals surface area (Å²) >= 11 is 5.35. The molecule has 7 heteroatoms. The van der Waals surface area contributed by atoms with Crippen LogP contribution in [0.25, 0.3) is 0 Å². The number of anilines is 1. The average molecular weight is 468 g/mol. The van der Waals surface area contributed by atoms with Gasteiger partial charge in [-0.3, -0.25) is 4.72 Å². The molecule has 0 fully saturated rings. The Kier molecular flexibility index (Phi) is 4.92. The zero-order valence-corrected chi connectivity index (χ0v) is 15.0. The van der Waals surface area contributed by atoms with Gasteiger partial charge >= 0.3 is 0 Å². The first kappa shape index (κ1) is 15.6. The van der Waals surface area contributed by atoms with Crippen molar-refractivity contribution < 1.29 is 13.2 Å². The Labute approximate surface area is 139 Å². The van der Waals surface area contributed by atoms with Crippen LogP contribution in [0, 0.1) is 3.57 Å². The van der Waals surface area contributed by atoms with Crippen LogP contribution in [0.1, 0.15) is 0 Å². The Balaban J connectivity index is 2.46. The fourth-order valence-electron chi connectivity index (χ4n) is 1.60. The van der Waals surface area contributed by atoms with Gasteiger partial charge in [0.2, 0.25) is 0 Å². The first-order valence-electron chi connectivity index (χ1n) is 5.55. The molecular formula is C13H11BrINO3S. The van der Waals surface area contributed by atoms with E-state index in [9.17, 15) is 8.42 Å². The molecule has 0 heterocycles. The molecule has 20 heavy (non-hydrogen) atoms. The molecule has 0 spiro atoms. The van der Waals surface area contributed by atoms with E-state index in [1.54, 1.807) is 24.3 Å². The fourth-order valence-corrected chi connectivity index (χ4v) is 4.10. The van der Waals surface area contributed by atoms with Crippen LogP contribution in [0.3, 0.4) is 0 Å². The second-order valence-corrected chi connectivity index (χ2v) is 7.61. The molecule has 0 atom stereocenters.